The number of hydrogen-bond donors (Lipinski definition) is 0. The number of aryl methyl sites for hydroxylation is 4. The van der Waals surface area contributed by atoms with Crippen molar-refractivity contribution in [1.82, 2.24) is 0 Å². The fourth-order valence-electron chi connectivity index (χ4n) is 8.62. The van der Waals surface area contributed by atoms with Crippen LogP contribution in [0.2, 0.25) is 13.1 Å². The molecule has 54 heavy (non-hydrogen) atoms. The molecule has 2 radical (unpaired) electrons. The Hall–Kier alpha value is -3.26. The third kappa shape index (κ3) is 7.62. The summed E-state index contributed by atoms with van der Waals surface area (Å²) in [4.78, 5) is 0. The van der Waals surface area contributed by atoms with Crippen LogP contribution < -0.4 is 0 Å². The van der Waals surface area contributed by atoms with E-state index in [0.29, 0.717) is 11.8 Å². The van der Waals surface area contributed by atoms with Crippen molar-refractivity contribution in [3.05, 3.63) is 155 Å². The average Bonchev–Trinajstić information content (AvgIpc) is 3.99. The van der Waals surface area contributed by atoms with Crippen molar-refractivity contribution in [3.8, 4) is 22.3 Å². The molecule has 0 heterocycles. The molecule has 0 nitrogen and oxygen atoms in total. The first kappa shape index (κ1) is 39.0. The second-order valence-electron chi connectivity index (χ2n) is 15.3. The van der Waals surface area contributed by atoms with Crippen molar-refractivity contribution in [3.63, 3.8) is 0 Å². The van der Waals surface area contributed by atoms with Crippen molar-refractivity contribution in [1.29, 1.82) is 0 Å². The molecule has 0 aliphatic heterocycles. The Morgan fingerprint density at radius 3 is 1.19 bits per heavy atom. The summed E-state index contributed by atoms with van der Waals surface area (Å²) in [5.41, 5.74) is 14.4. The Morgan fingerprint density at radius 1 is 0.481 bits per heavy atom. The van der Waals surface area contributed by atoms with E-state index in [0.717, 1.165) is 9.52 Å². The monoisotopic (exact) mass is 836 g/mol. The molecule has 4 heteroatoms. The van der Waals surface area contributed by atoms with Gasteiger partial charge in [0.1, 0.15) is 0 Å². The van der Waals surface area contributed by atoms with E-state index < -0.39 is 20.8 Å². The molecule has 10 rings (SSSR count). The molecular weight excluding hydrogens is 791 g/mol. The van der Waals surface area contributed by atoms with Gasteiger partial charge in [-0.25, -0.2) is 0 Å². The van der Waals surface area contributed by atoms with E-state index >= 15 is 0 Å². The second kappa shape index (κ2) is 17.3. The molecule has 0 saturated heterocycles. The van der Waals surface area contributed by atoms with E-state index in [1.54, 1.807) is 0 Å². The van der Waals surface area contributed by atoms with Gasteiger partial charge in [0.05, 0.1) is 0 Å². The molecule has 270 valence electrons. The SMILES string of the molecule is CC(C)c1cc2c(-c3ccc4c5c(cccc35)CC4)cccc2[cH-]1.CC(C)c1cc2c(-c3ccc4c5c(cccc35)CC4)cccc2[cH-]1.C[Si]C.[Cl][Zr+2][Cl]. The molecule has 0 spiro atoms. The molecular formula is C50H48Cl2SiZr. The molecule has 2 aliphatic carbocycles. The summed E-state index contributed by atoms with van der Waals surface area (Å²) >= 11 is -0.826. The summed E-state index contributed by atoms with van der Waals surface area (Å²) in [6.45, 7) is 13.4. The third-order valence-corrected chi connectivity index (χ3v) is 11.2. The zero-order chi connectivity index (χ0) is 37.9. The van der Waals surface area contributed by atoms with Gasteiger partial charge in [0.2, 0.25) is 0 Å². The van der Waals surface area contributed by atoms with Crippen molar-refractivity contribution in [2.75, 3.05) is 0 Å². The average molecular weight is 839 g/mol. The number of rotatable bonds is 4. The Bertz CT molecular complexity index is 2370. The van der Waals surface area contributed by atoms with Gasteiger partial charge in [0, 0.05) is 9.52 Å². The molecule has 0 amide bonds. The van der Waals surface area contributed by atoms with Gasteiger partial charge >= 0.3 is 37.9 Å². The van der Waals surface area contributed by atoms with E-state index in [2.05, 4.69) is 162 Å². The standard InChI is InChI=1S/2C24H21.C2H6Si.2ClH.Zr/c2*1-15(2)19-13-18-6-4-7-20(23(18)14-19)21-12-11-17-10-9-16-5-3-8-22(21)24(16)17;1-3-2;;;/h2*3-8,11-15H,9-10H2,1-2H3;1-2H3;2*1H;/q2*-1;;;;+4/p-2. The van der Waals surface area contributed by atoms with E-state index in [1.807, 2.05) is 0 Å². The summed E-state index contributed by atoms with van der Waals surface area (Å²) in [6.07, 6.45) is 4.75. The zero-order valence-electron chi connectivity index (χ0n) is 32.3. The Labute approximate surface area is 343 Å². The van der Waals surface area contributed by atoms with Crippen molar-refractivity contribution >= 4 is 69.6 Å². The van der Waals surface area contributed by atoms with Gasteiger partial charge in [-0.3, -0.25) is 0 Å². The summed E-state index contributed by atoms with van der Waals surface area (Å²) in [7, 11) is 11.0. The number of halogens is 2. The topological polar surface area (TPSA) is 0 Å². The minimum atomic E-state index is -0.826. The summed E-state index contributed by atoms with van der Waals surface area (Å²) in [6, 6.07) is 45.9. The number of fused-ring (bicyclic) bond motifs is 2. The fraction of sp³-hybridized carbons (Fsp3) is 0.240. The van der Waals surface area contributed by atoms with Gasteiger partial charge in [-0.05, 0) is 92.4 Å². The van der Waals surface area contributed by atoms with E-state index in [9.17, 15) is 0 Å². The van der Waals surface area contributed by atoms with Crippen LogP contribution in [0.25, 0.3) is 65.3 Å². The Kier molecular flexibility index (Phi) is 12.5. The van der Waals surface area contributed by atoms with E-state index in [-0.39, 0.29) is 0 Å². The van der Waals surface area contributed by atoms with Gasteiger partial charge in [0.15, 0.2) is 0 Å². The summed E-state index contributed by atoms with van der Waals surface area (Å²) < 4.78 is 0. The van der Waals surface area contributed by atoms with Gasteiger partial charge < -0.3 is 0 Å². The maximum atomic E-state index is 4.93. The molecule has 8 aromatic rings. The Morgan fingerprint density at radius 2 is 0.815 bits per heavy atom. The summed E-state index contributed by atoms with van der Waals surface area (Å²) in [5, 5.41) is 11.3. The van der Waals surface area contributed by atoms with Crippen molar-refractivity contribution < 1.29 is 20.8 Å². The molecule has 0 atom stereocenters. The van der Waals surface area contributed by atoms with Crippen LogP contribution in [0.4, 0.5) is 0 Å². The quantitative estimate of drug-likeness (QED) is 0.122. The van der Waals surface area contributed by atoms with Crippen molar-refractivity contribution in [2.24, 2.45) is 0 Å². The first-order valence-corrected chi connectivity index (χ1v) is 27.6. The fourth-order valence-corrected chi connectivity index (χ4v) is 8.62. The van der Waals surface area contributed by atoms with Crippen LogP contribution in [0.3, 0.4) is 0 Å². The van der Waals surface area contributed by atoms with E-state index in [4.69, 9.17) is 17.0 Å². The molecule has 0 bridgehead atoms. The predicted molar refractivity (Wildman–Crippen MR) is 237 cm³/mol. The molecule has 2 aliphatic rings. The van der Waals surface area contributed by atoms with Crippen LogP contribution in [0.1, 0.15) is 72.9 Å². The number of hydrogen-bond acceptors (Lipinski definition) is 0. The van der Waals surface area contributed by atoms with Gasteiger partial charge in [0.25, 0.3) is 0 Å². The van der Waals surface area contributed by atoms with Crippen LogP contribution in [0.5, 0.6) is 0 Å². The van der Waals surface area contributed by atoms with Crippen LogP contribution in [0.15, 0.2) is 121 Å². The number of benzene rings is 6. The van der Waals surface area contributed by atoms with Crippen LogP contribution in [-0.2, 0) is 46.5 Å². The van der Waals surface area contributed by atoms with Crippen LogP contribution in [0, 0.1) is 0 Å². The van der Waals surface area contributed by atoms with E-state index in [1.165, 1.54) is 124 Å². The molecule has 0 fully saturated rings. The Balaban J connectivity index is 0.000000146. The normalized spacial score (nSPS) is 12.5. The van der Waals surface area contributed by atoms with Gasteiger partial charge in [-0.1, -0.05) is 125 Å². The summed E-state index contributed by atoms with van der Waals surface area (Å²) in [5.74, 6) is 1.14. The van der Waals surface area contributed by atoms with Gasteiger partial charge in [-0.2, -0.15) is 12.1 Å². The molecule has 0 aromatic heterocycles. The van der Waals surface area contributed by atoms with Crippen LogP contribution in [-0.4, -0.2) is 9.52 Å². The maximum absolute atomic E-state index is 4.93. The molecule has 0 saturated carbocycles. The van der Waals surface area contributed by atoms with Crippen molar-refractivity contribution in [2.45, 2.75) is 78.3 Å². The first-order chi connectivity index (χ1) is 26.3. The van der Waals surface area contributed by atoms with Crippen LogP contribution >= 0.6 is 17.0 Å². The first-order valence-electron chi connectivity index (χ1n) is 19.3. The minimum absolute atomic E-state index is 0.568. The second-order valence-corrected chi connectivity index (χ2v) is 20.0. The third-order valence-electron chi connectivity index (χ3n) is 11.2. The molecule has 0 unspecified atom stereocenters. The predicted octanol–water partition coefficient (Wildman–Crippen LogP) is 15.4. The zero-order valence-corrected chi connectivity index (χ0v) is 37.3. The molecule has 8 aromatic carbocycles. The molecule has 0 N–H and O–H groups in total. The van der Waals surface area contributed by atoms with Gasteiger partial charge in [-0.15, -0.1) is 69.1 Å².